The van der Waals surface area contributed by atoms with Crippen molar-refractivity contribution in [2.75, 3.05) is 19.6 Å². The first-order valence-corrected chi connectivity index (χ1v) is 11.7. The van der Waals surface area contributed by atoms with Gasteiger partial charge in [-0.3, -0.25) is 4.79 Å². The van der Waals surface area contributed by atoms with Gasteiger partial charge in [-0.2, -0.15) is 5.10 Å². The van der Waals surface area contributed by atoms with Crippen LogP contribution < -0.4 is 5.32 Å². The highest BCUT2D eigenvalue weighted by Crippen LogP contribution is 2.28. The van der Waals surface area contributed by atoms with Crippen molar-refractivity contribution < 1.29 is 4.79 Å². The van der Waals surface area contributed by atoms with Gasteiger partial charge in [-0.05, 0) is 68.8 Å². The van der Waals surface area contributed by atoms with Gasteiger partial charge in [-0.25, -0.2) is 9.67 Å². The van der Waals surface area contributed by atoms with Gasteiger partial charge in [-0.1, -0.05) is 32.6 Å². The zero-order chi connectivity index (χ0) is 20.8. The molecular weight excluding hydrogens is 374 g/mol. The maximum absolute atomic E-state index is 12.9. The molecule has 1 saturated heterocycles. The largest absolute Gasteiger partial charge is 0.349 e. The topological polar surface area (TPSA) is 63.1 Å². The molecule has 0 unspecified atom stereocenters. The van der Waals surface area contributed by atoms with E-state index in [0.29, 0.717) is 11.5 Å². The smallest absolute Gasteiger partial charge is 0.253 e. The lowest BCUT2D eigenvalue weighted by Gasteiger charge is -2.39. The number of nitrogens with zero attached hydrogens (tertiary/aromatic N) is 4. The average molecular weight is 410 g/mol. The molecule has 4 rings (SSSR count). The van der Waals surface area contributed by atoms with Gasteiger partial charge in [0, 0.05) is 31.2 Å². The van der Waals surface area contributed by atoms with Crippen LogP contribution in [0.25, 0.3) is 5.82 Å². The lowest BCUT2D eigenvalue weighted by molar-refractivity contribution is 0.0863. The molecule has 1 aliphatic heterocycles. The van der Waals surface area contributed by atoms with Crippen LogP contribution >= 0.6 is 0 Å². The minimum atomic E-state index is -0.00642. The Kier molecular flexibility index (Phi) is 7.16. The van der Waals surface area contributed by atoms with Crippen LogP contribution in [0.3, 0.4) is 0 Å². The summed E-state index contributed by atoms with van der Waals surface area (Å²) < 4.78 is 1.70. The lowest BCUT2D eigenvalue weighted by atomic mass is 9.83. The number of aromatic nitrogens is 3. The van der Waals surface area contributed by atoms with Gasteiger partial charge in [-0.15, -0.1) is 0 Å². The zero-order valence-electron chi connectivity index (χ0n) is 18.2. The van der Waals surface area contributed by atoms with Gasteiger partial charge >= 0.3 is 0 Å². The van der Waals surface area contributed by atoms with Crippen LogP contribution in [-0.2, 0) is 0 Å². The van der Waals surface area contributed by atoms with E-state index >= 15 is 0 Å². The molecule has 1 N–H and O–H groups in total. The number of hydrogen-bond donors (Lipinski definition) is 1. The van der Waals surface area contributed by atoms with Crippen molar-refractivity contribution in [3.8, 4) is 5.82 Å². The van der Waals surface area contributed by atoms with Crippen LogP contribution in [0, 0.1) is 11.8 Å². The van der Waals surface area contributed by atoms with E-state index in [0.717, 1.165) is 24.7 Å². The van der Waals surface area contributed by atoms with E-state index in [4.69, 9.17) is 0 Å². The van der Waals surface area contributed by atoms with Gasteiger partial charge in [0.25, 0.3) is 5.91 Å². The summed E-state index contributed by atoms with van der Waals surface area (Å²) in [4.78, 5) is 19.9. The highest BCUT2D eigenvalue weighted by molar-refractivity contribution is 5.94. The molecule has 2 atom stereocenters. The van der Waals surface area contributed by atoms with Crippen molar-refractivity contribution in [1.82, 2.24) is 25.0 Å². The Bertz CT molecular complexity index is 780. The minimum Gasteiger partial charge on any atom is -0.349 e. The maximum Gasteiger partial charge on any atom is 0.253 e. The van der Waals surface area contributed by atoms with Gasteiger partial charge in [0.1, 0.15) is 0 Å². The van der Waals surface area contributed by atoms with E-state index in [-0.39, 0.29) is 11.9 Å². The van der Waals surface area contributed by atoms with E-state index in [1.54, 1.807) is 17.1 Å². The van der Waals surface area contributed by atoms with Crippen LogP contribution in [0.2, 0.25) is 0 Å². The quantitative estimate of drug-likeness (QED) is 0.749. The Morgan fingerprint density at radius 1 is 1.17 bits per heavy atom. The van der Waals surface area contributed by atoms with E-state index in [1.807, 2.05) is 24.4 Å². The molecule has 30 heavy (non-hydrogen) atoms. The number of nitrogens with one attached hydrogen (secondary N) is 1. The second-order valence-electron chi connectivity index (χ2n) is 9.01. The highest BCUT2D eigenvalue weighted by atomic mass is 16.1. The molecule has 1 saturated carbocycles. The van der Waals surface area contributed by atoms with E-state index in [9.17, 15) is 4.79 Å². The van der Waals surface area contributed by atoms with Gasteiger partial charge in [0.05, 0.1) is 5.56 Å². The first-order chi connectivity index (χ1) is 14.7. The summed E-state index contributed by atoms with van der Waals surface area (Å²) in [6, 6.07) is 5.82. The molecule has 0 bridgehead atoms. The fourth-order valence-corrected chi connectivity index (χ4v) is 5.13. The summed E-state index contributed by atoms with van der Waals surface area (Å²) in [5.41, 5.74) is 0.621. The number of pyridine rings is 1. The van der Waals surface area contributed by atoms with Crippen LogP contribution in [-0.4, -0.2) is 51.2 Å². The molecule has 2 aliphatic rings. The van der Waals surface area contributed by atoms with Crippen molar-refractivity contribution in [3.63, 3.8) is 0 Å². The molecule has 6 nitrogen and oxygen atoms in total. The molecule has 2 aromatic rings. The number of carbonyl (C=O) groups is 1. The third-order valence-electron chi connectivity index (χ3n) is 6.87. The van der Waals surface area contributed by atoms with Gasteiger partial charge in [0.2, 0.25) is 0 Å². The number of piperidine rings is 1. The molecule has 3 heterocycles. The molecule has 0 radical (unpaired) electrons. The van der Waals surface area contributed by atoms with Crippen LogP contribution in [0.15, 0.2) is 36.8 Å². The van der Waals surface area contributed by atoms with Gasteiger partial charge < -0.3 is 10.2 Å². The minimum absolute atomic E-state index is 0.00642. The van der Waals surface area contributed by atoms with E-state index in [2.05, 4.69) is 27.2 Å². The molecular formula is C24H35N5O. The first-order valence-electron chi connectivity index (χ1n) is 11.7. The molecule has 162 valence electrons. The summed E-state index contributed by atoms with van der Waals surface area (Å²) >= 11 is 0. The average Bonchev–Trinajstić information content (AvgIpc) is 3.32. The number of likely N-dealkylation sites (tertiary alicyclic amines) is 1. The number of hydrogen-bond acceptors (Lipinski definition) is 4. The molecule has 2 aromatic heterocycles. The Hall–Kier alpha value is -2.21. The van der Waals surface area contributed by atoms with Crippen molar-refractivity contribution in [2.24, 2.45) is 11.8 Å². The van der Waals surface area contributed by atoms with Crippen LogP contribution in [0.5, 0.6) is 0 Å². The van der Waals surface area contributed by atoms with Crippen molar-refractivity contribution >= 4 is 5.91 Å². The number of rotatable bonds is 7. The maximum atomic E-state index is 12.9. The molecule has 0 aromatic carbocycles. The van der Waals surface area contributed by atoms with Crippen molar-refractivity contribution in [3.05, 3.63) is 42.4 Å². The van der Waals surface area contributed by atoms with Crippen molar-refractivity contribution in [2.45, 2.75) is 64.3 Å². The monoisotopic (exact) mass is 409 g/mol. The Morgan fingerprint density at radius 2 is 2.00 bits per heavy atom. The molecule has 0 spiro atoms. The lowest BCUT2D eigenvalue weighted by Crippen LogP contribution is -2.47. The predicted octanol–water partition coefficient (Wildman–Crippen LogP) is 4.07. The molecule has 1 amide bonds. The van der Waals surface area contributed by atoms with E-state index in [1.165, 1.54) is 58.0 Å². The summed E-state index contributed by atoms with van der Waals surface area (Å²) in [6.07, 6.45) is 15.4. The van der Waals surface area contributed by atoms with E-state index < -0.39 is 0 Å². The number of carbonyl (C=O) groups excluding carboxylic acids is 1. The second kappa shape index (κ2) is 10.2. The number of amides is 1. The highest BCUT2D eigenvalue weighted by Gasteiger charge is 2.29. The summed E-state index contributed by atoms with van der Waals surface area (Å²) in [5, 5.41) is 7.51. The standard InChI is InChI=1S/C24H35N5O/c1-2-6-19-11-15-28(16-12-19)18-21-7-3-4-8-22(21)27-24(30)20-9-10-23(25-17-20)29-14-5-13-26-29/h5,9-10,13-14,17,19,21-22H,2-4,6-8,11-12,15-16,18H2,1H3,(H,27,30)/t21-,22+/m0/s1. The summed E-state index contributed by atoms with van der Waals surface area (Å²) in [5.74, 6) is 2.19. The fraction of sp³-hybridized carbons (Fsp3) is 0.625. The van der Waals surface area contributed by atoms with Gasteiger partial charge in [0.15, 0.2) is 5.82 Å². The zero-order valence-corrected chi connectivity index (χ0v) is 18.2. The Labute approximate surface area is 180 Å². The second-order valence-corrected chi connectivity index (χ2v) is 9.01. The third-order valence-corrected chi connectivity index (χ3v) is 6.87. The SMILES string of the molecule is CCCC1CCN(C[C@@H]2CCCC[C@H]2NC(=O)c2ccc(-n3cccn3)nc2)CC1. The molecule has 6 heteroatoms. The predicted molar refractivity (Wildman–Crippen MR) is 119 cm³/mol. The molecule has 2 fully saturated rings. The third kappa shape index (κ3) is 5.28. The normalized spacial score (nSPS) is 23.4. The Balaban J connectivity index is 1.32. The Morgan fingerprint density at radius 3 is 2.70 bits per heavy atom. The summed E-state index contributed by atoms with van der Waals surface area (Å²) in [6.45, 7) is 5.86. The fourth-order valence-electron chi connectivity index (χ4n) is 5.13. The van der Waals surface area contributed by atoms with Crippen LogP contribution in [0.1, 0.15) is 68.6 Å². The molecule has 1 aliphatic carbocycles. The van der Waals surface area contributed by atoms with Crippen molar-refractivity contribution in [1.29, 1.82) is 0 Å². The van der Waals surface area contributed by atoms with Crippen LogP contribution in [0.4, 0.5) is 0 Å². The first kappa shape index (κ1) is 21.0. The summed E-state index contributed by atoms with van der Waals surface area (Å²) in [7, 11) is 0.